The van der Waals surface area contributed by atoms with E-state index in [-0.39, 0.29) is 17.7 Å². The fourth-order valence-electron chi connectivity index (χ4n) is 2.03. The van der Waals surface area contributed by atoms with Gasteiger partial charge in [-0.2, -0.15) is 0 Å². The number of carbonyl (C=O) groups is 2. The molecule has 1 aliphatic rings. The Morgan fingerprint density at radius 1 is 1.63 bits per heavy atom. The third kappa shape index (κ3) is 3.43. The molecule has 0 bridgehead atoms. The van der Waals surface area contributed by atoms with Gasteiger partial charge in [0, 0.05) is 31.3 Å². The Labute approximate surface area is 111 Å². The second-order valence-corrected chi connectivity index (χ2v) is 4.43. The first-order valence-electron chi connectivity index (χ1n) is 6.23. The van der Waals surface area contributed by atoms with Crippen LogP contribution in [0.2, 0.25) is 0 Å². The molecule has 0 radical (unpaired) electrons. The van der Waals surface area contributed by atoms with Crippen LogP contribution in [0, 0.1) is 5.92 Å². The molecule has 1 unspecified atom stereocenters. The van der Waals surface area contributed by atoms with Crippen molar-refractivity contribution in [3.63, 3.8) is 0 Å². The smallest absolute Gasteiger partial charge is 0.225 e. The molecule has 0 aliphatic carbocycles. The lowest BCUT2D eigenvalue weighted by Gasteiger charge is -2.21. The number of ether oxygens (including phenoxy) is 1. The molecular weight excluding hydrogens is 246 g/mol. The van der Waals surface area contributed by atoms with E-state index in [4.69, 9.17) is 4.74 Å². The standard InChI is InChI=1S/C13H17N3O3/c1-19-13-10(3-2-6-14-13)8-16-12(18)9-4-5-11(17)15-7-9/h2-3,6,9H,4-5,7-8H2,1H3,(H,15,17)(H,16,18). The Balaban J connectivity index is 1.88. The summed E-state index contributed by atoms with van der Waals surface area (Å²) in [7, 11) is 1.55. The largest absolute Gasteiger partial charge is 0.481 e. The van der Waals surface area contributed by atoms with E-state index in [0.717, 1.165) is 5.56 Å². The molecular formula is C13H17N3O3. The topological polar surface area (TPSA) is 80.3 Å². The lowest BCUT2D eigenvalue weighted by molar-refractivity contribution is -0.129. The zero-order chi connectivity index (χ0) is 13.7. The Morgan fingerprint density at radius 3 is 3.16 bits per heavy atom. The van der Waals surface area contributed by atoms with Gasteiger partial charge in [-0.1, -0.05) is 6.07 Å². The van der Waals surface area contributed by atoms with Crippen LogP contribution in [0.1, 0.15) is 18.4 Å². The van der Waals surface area contributed by atoms with Gasteiger partial charge in [-0.25, -0.2) is 4.98 Å². The van der Waals surface area contributed by atoms with Crippen molar-refractivity contribution in [2.75, 3.05) is 13.7 Å². The molecule has 1 atom stereocenters. The van der Waals surface area contributed by atoms with Crippen molar-refractivity contribution in [2.45, 2.75) is 19.4 Å². The van der Waals surface area contributed by atoms with Crippen molar-refractivity contribution < 1.29 is 14.3 Å². The van der Waals surface area contributed by atoms with Crippen LogP contribution < -0.4 is 15.4 Å². The Hall–Kier alpha value is -2.11. The van der Waals surface area contributed by atoms with Crippen molar-refractivity contribution in [3.8, 4) is 5.88 Å². The van der Waals surface area contributed by atoms with Crippen LogP contribution >= 0.6 is 0 Å². The average molecular weight is 263 g/mol. The summed E-state index contributed by atoms with van der Waals surface area (Å²) in [5.41, 5.74) is 0.832. The van der Waals surface area contributed by atoms with Crippen molar-refractivity contribution in [3.05, 3.63) is 23.9 Å². The first-order valence-corrected chi connectivity index (χ1v) is 6.23. The van der Waals surface area contributed by atoms with Gasteiger partial charge in [0.15, 0.2) is 0 Å². The molecule has 19 heavy (non-hydrogen) atoms. The number of methoxy groups -OCH3 is 1. The fourth-order valence-corrected chi connectivity index (χ4v) is 2.03. The molecule has 1 aromatic rings. The summed E-state index contributed by atoms with van der Waals surface area (Å²) < 4.78 is 5.12. The Kier molecular flexibility index (Phi) is 4.33. The number of pyridine rings is 1. The van der Waals surface area contributed by atoms with Gasteiger partial charge in [-0.05, 0) is 12.5 Å². The van der Waals surface area contributed by atoms with Crippen LogP contribution in [0.25, 0.3) is 0 Å². The lowest BCUT2D eigenvalue weighted by atomic mass is 9.98. The summed E-state index contributed by atoms with van der Waals surface area (Å²) in [6.07, 6.45) is 2.65. The molecule has 102 valence electrons. The van der Waals surface area contributed by atoms with Gasteiger partial charge in [0.05, 0.1) is 13.0 Å². The number of carbonyl (C=O) groups excluding carboxylic acids is 2. The van der Waals surface area contributed by atoms with E-state index in [2.05, 4.69) is 15.6 Å². The molecule has 2 N–H and O–H groups in total. The predicted octanol–water partition coefficient (Wildman–Crippen LogP) is 0.233. The fraction of sp³-hybridized carbons (Fsp3) is 0.462. The van der Waals surface area contributed by atoms with Crippen LogP contribution in [0.5, 0.6) is 5.88 Å². The van der Waals surface area contributed by atoms with Crippen molar-refractivity contribution in [2.24, 2.45) is 5.92 Å². The highest BCUT2D eigenvalue weighted by Crippen LogP contribution is 2.14. The van der Waals surface area contributed by atoms with E-state index in [9.17, 15) is 9.59 Å². The van der Waals surface area contributed by atoms with Crippen LogP contribution in [-0.2, 0) is 16.1 Å². The molecule has 0 spiro atoms. The summed E-state index contributed by atoms with van der Waals surface area (Å²) in [4.78, 5) is 27.0. The summed E-state index contributed by atoms with van der Waals surface area (Å²) >= 11 is 0. The first kappa shape index (κ1) is 13.3. The summed E-state index contributed by atoms with van der Waals surface area (Å²) in [6.45, 7) is 0.787. The number of nitrogens with zero attached hydrogens (tertiary/aromatic N) is 1. The molecule has 0 aromatic carbocycles. The highest BCUT2D eigenvalue weighted by molar-refractivity contribution is 5.83. The zero-order valence-electron chi connectivity index (χ0n) is 10.8. The van der Waals surface area contributed by atoms with E-state index in [0.29, 0.717) is 31.8 Å². The second kappa shape index (κ2) is 6.17. The van der Waals surface area contributed by atoms with Crippen LogP contribution in [0.15, 0.2) is 18.3 Å². The number of amides is 2. The first-order chi connectivity index (χ1) is 9.20. The number of nitrogens with one attached hydrogen (secondary N) is 2. The molecule has 6 heteroatoms. The predicted molar refractivity (Wildman–Crippen MR) is 68.4 cm³/mol. The van der Waals surface area contributed by atoms with Crippen LogP contribution in [0.4, 0.5) is 0 Å². The molecule has 1 aliphatic heterocycles. The summed E-state index contributed by atoms with van der Waals surface area (Å²) in [5.74, 6) is 0.323. The highest BCUT2D eigenvalue weighted by Gasteiger charge is 2.24. The van der Waals surface area contributed by atoms with Crippen LogP contribution in [0.3, 0.4) is 0 Å². The molecule has 2 rings (SSSR count). The number of rotatable bonds is 4. The van der Waals surface area contributed by atoms with Crippen molar-refractivity contribution in [1.82, 2.24) is 15.6 Å². The van der Waals surface area contributed by atoms with Gasteiger partial charge in [-0.3, -0.25) is 9.59 Å². The number of hydrogen-bond donors (Lipinski definition) is 2. The maximum Gasteiger partial charge on any atom is 0.225 e. The van der Waals surface area contributed by atoms with E-state index >= 15 is 0 Å². The molecule has 1 fully saturated rings. The lowest BCUT2D eigenvalue weighted by Crippen LogP contribution is -2.42. The minimum atomic E-state index is -0.152. The molecule has 2 heterocycles. The molecule has 6 nitrogen and oxygen atoms in total. The van der Waals surface area contributed by atoms with Crippen LogP contribution in [-0.4, -0.2) is 30.5 Å². The Morgan fingerprint density at radius 2 is 2.47 bits per heavy atom. The van der Waals surface area contributed by atoms with Gasteiger partial charge >= 0.3 is 0 Å². The van der Waals surface area contributed by atoms with Gasteiger partial charge < -0.3 is 15.4 Å². The van der Waals surface area contributed by atoms with Gasteiger partial charge in [0.25, 0.3) is 0 Å². The zero-order valence-corrected chi connectivity index (χ0v) is 10.8. The minimum absolute atomic E-state index is 0.0120. The molecule has 2 amide bonds. The normalized spacial score (nSPS) is 18.6. The van der Waals surface area contributed by atoms with Crippen molar-refractivity contribution in [1.29, 1.82) is 0 Å². The van der Waals surface area contributed by atoms with E-state index in [1.807, 2.05) is 6.07 Å². The minimum Gasteiger partial charge on any atom is -0.481 e. The maximum absolute atomic E-state index is 12.0. The quantitative estimate of drug-likeness (QED) is 0.815. The molecule has 0 saturated carbocycles. The summed E-state index contributed by atoms with van der Waals surface area (Å²) in [6, 6.07) is 3.65. The van der Waals surface area contributed by atoms with Gasteiger partial charge in [0.1, 0.15) is 0 Å². The third-order valence-corrected chi connectivity index (χ3v) is 3.13. The number of piperidine rings is 1. The van der Waals surface area contributed by atoms with Gasteiger partial charge in [0.2, 0.25) is 17.7 Å². The SMILES string of the molecule is COc1ncccc1CNC(=O)C1CCC(=O)NC1. The molecule has 1 saturated heterocycles. The third-order valence-electron chi connectivity index (χ3n) is 3.13. The summed E-state index contributed by atoms with van der Waals surface area (Å²) in [5, 5.41) is 5.54. The van der Waals surface area contributed by atoms with Gasteiger partial charge in [-0.15, -0.1) is 0 Å². The highest BCUT2D eigenvalue weighted by atomic mass is 16.5. The van der Waals surface area contributed by atoms with E-state index in [1.54, 1.807) is 19.4 Å². The number of hydrogen-bond acceptors (Lipinski definition) is 4. The molecule has 1 aromatic heterocycles. The van der Waals surface area contributed by atoms with E-state index < -0.39 is 0 Å². The maximum atomic E-state index is 12.0. The van der Waals surface area contributed by atoms with Crippen molar-refractivity contribution >= 4 is 11.8 Å². The second-order valence-electron chi connectivity index (χ2n) is 4.43. The monoisotopic (exact) mass is 263 g/mol. The van der Waals surface area contributed by atoms with E-state index in [1.165, 1.54) is 0 Å². The Bertz CT molecular complexity index is 466. The average Bonchev–Trinajstić information content (AvgIpc) is 2.45. The number of aromatic nitrogens is 1.